The SMILES string of the molecule is CC(=O)N[C@@H](CCP(C)(=O)[O-])C(=O)[O-]. The molecule has 6 nitrogen and oxygen atoms in total. The first-order valence-electron chi connectivity index (χ1n) is 3.98. The van der Waals surface area contributed by atoms with Crippen LogP contribution in [0.2, 0.25) is 0 Å². The Morgan fingerprint density at radius 2 is 2.00 bits per heavy atom. The molecule has 1 N–H and O–H groups in total. The van der Waals surface area contributed by atoms with Gasteiger partial charge in [0.05, 0.1) is 12.0 Å². The first-order chi connectivity index (χ1) is 6.22. The third-order valence-corrected chi connectivity index (χ3v) is 2.56. The van der Waals surface area contributed by atoms with E-state index in [1.807, 2.05) is 0 Å². The van der Waals surface area contributed by atoms with Crippen molar-refractivity contribution in [3.05, 3.63) is 0 Å². The minimum atomic E-state index is -3.50. The first-order valence-corrected chi connectivity index (χ1v) is 6.23. The highest BCUT2D eigenvalue weighted by atomic mass is 31.2. The van der Waals surface area contributed by atoms with E-state index in [0.717, 1.165) is 13.6 Å². The zero-order valence-electron chi connectivity index (χ0n) is 7.98. The van der Waals surface area contributed by atoms with Crippen molar-refractivity contribution in [2.24, 2.45) is 0 Å². The predicted octanol–water partition coefficient (Wildman–Crippen LogP) is -2.10. The lowest BCUT2D eigenvalue weighted by Gasteiger charge is -2.23. The summed E-state index contributed by atoms with van der Waals surface area (Å²) in [6.07, 6.45) is -0.439. The van der Waals surface area contributed by atoms with E-state index in [1.165, 1.54) is 0 Å². The molecule has 0 aliphatic rings. The highest BCUT2D eigenvalue weighted by Crippen LogP contribution is 2.30. The third-order valence-electron chi connectivity index (χ3n) is 1.49. The third kappa shape index (κ3) is 6.62. The van der Waals surface area contributed by atoms with Gasteiger partial charge in [-0.3, -0.25) is 4.79 Å². The summed E-state index contributed by atoms with van der Waals surface area (Å²) >= 11 is 0. The second-order valence-corrected chi connectivity index (χ2v) is 5.57. The van der Waals surface area contributed by atoms with Gasteiger partial charge < -0.3 is 24.7 Å². The molecule has 2 atom stereocenters. The Hall–Kier alpha value is -0.870. The summed E-state index contributed by atoms with van der Waals surface area (Å²) in [5.74, 6) is -2.01. The maximum absolute atomic E-state index is 10.7. The van der Waals surface area contributed by atoms with Gasteiger partial charge in [0, 0.05) is 14.3 Å². The number of amides is 1. The van der Waals surface area contributed by atoms with E-state index in [9.17, 15) is 24.2 Å². The van der Waals surface area contributed by atoms with Crippen LogP contribution in [0.3, 0.4) is 0 Å². The Morgan fingerprint density at radius 3 is 2.29 bits per heavy atom. The van der Waals surface area contributed by atoms with Gasteiger partial charge in [-0.05, 0) is 19.2 Å². The van der Waals surface area contributed by atoms with E-state index >= 15 is 0 Å². The summed E-state index contributed by atoms with van der Waals surface area (Å²) in [4.78, 5) is 31.7. The molecule has 82 valence electrons. The largest absolute Gasteiger partial charge is 0.799 e. The number of aliphatic carboxylic acids is 1. The molecular weight excluding hydrogens is 209 g/mol. The monoisotopic (exact) mass is 221 g/mol. The summed E-state index contributed by atoms with van der Waals surface area (Å²) in [6, 6.07) is -1.24. The van der Waals surface area contributed by atoms with Gasteiger partial charge in [0.25, 0.3) is 0 Å². The van der Waals surface area contributed by atoms with Crippen LogP contribution in [-0.2, 0) is 14.2 Å². The van der Waals surface area contributed by atoms with Crippen LogP contribution in [0.4, 0.5) is 0 Å². The molecule has 0 rings (SSSR count). The molecule has 0 heterocycles. The van der Waals surface area contributed by atoms with E-state index in [1.54, 1.807) is 0 Å². The number of hydrogen-bond acceptors (Lipinski definition) is 5. The Kier molecular flexibility index (Phi) is 4.80. The summed E-state index contributed by atoms with van der Waals surface area (Å²) < 4.78 is 10.7. The number of carboxylic acid groups (broad SMARTS) is 1. The van der Waals surface area contributed by atoms with Crippen LogP contribution < -0.4 is 15.3 Å². The lowest BCUT2D eigenvalue weighted by atomic mass is 10.2. The molecule has 0 spiro atoms. The molecule has 1 unspecified atom stereocenters. The van der Waals surface area contributed by atoms with Crippen molar-refractivity contribution in [1.82, 2.24) is 5.32 Å². The van der Waals surface area contributed by atoms with Gasteiger partial charge in [0.1, 0.15) is 0 Å². The maximum Gasteiger partial charge on any atom is 0.217 e. The van der Waals surface area contributed by atoms with Crippen LogP contribution in [0.15, 0.2) is 0 Å². The van der Waals surface area contributed by atoms with Crippen molar-refractivity contribution in [3.63, 3.8) is 0 Å². The van der Waals surface area contributed by atoms with Crippen LogP contribution in [-0.4, -0.2) is 30.7 Å². The molecule has 0 fully saturated rings. The lowest BCUT2D eigenvalue weighted by Crippen LogP contribution is -2.47. The molecule has 7 heteroatoms. The molecule has 0 saturated carbocycles. The zero-order valence-corrected chi connectivity index (χ0v) is 8.87. The molecule has 0 aromatic carbocycles. The zero-order chi connectivity index (χ0) is 11.4. The smallest absolute Gasteiger partial charge is 0.217 e. The molecule has 0 bridgehead atoms. The number of hydrogen-bond donors (Lipinski definition) is 1. The van der Waals surface area contributed by atoms with Crippen molar-refractivity contribution in [1.29, 1.82) is 0 Å². The van der Waals surface area contributed by atoms with Crippen LogP contribution in [0, 0.1) is 0 Å². The number of carbonyl (C=O) groups is 2. The standard InChI is InChI=1S/C7H14NO5P/c1-5(9)8-6(7(10)11)3-4-14(2,12)13/h6H,3-4H2,1-2H3,(H,8,9)(H,10,11)(H,12,13)/p-2/t6-/m0/s1. The predicted molar refractivity (Wildman–Crippen MR) is 45.6 cm³/mol. The minimum absolute atomic E-state index is 0.167. The highest BCUT2D eigenvalue weighted by molar-refractivity contribution is 7.55. The van der Waals surface area contributed by atoms with E-state index in [0.29, 0.717) is 0 Å². The number of carboxylic acids is 1. The van der Waals surface area contributed by atoms with E-state index < -0.39 is 25.3 Å². The fourth-order valence-corrected chi connectivity index (χ4v) is 1.59. The van der Waals surface area contributed by atoms with Gasteiger partial charge in [-0.2, -0.15) is 0 Å². The average Bonchev–Trinajstić information content (AvgIpc) is 1.94. The molecule has 0 aliphatic heterocycles. The van der Waals surface area contributed by atoms with Gasteiger partial charge in [-0.15, -0.1) is 0 Å². The average molecular weight is 221 g/mol. The molecule has 0 aliphatic carbocycles. The second-order valence-electron chi connectivity index (χ2n) is 3.10. The van der Waals surface area contributed by atoms with Crippen LogP contribution in [0.25, 0.3) is 0 Å². The van der Waals surface area contributed by atoms with Crippen molar-refractivity contribution in [2.45, 2.75) is 19.4 Å². The Labute approximate surface area is 81.8 Å². The van der Waals surface area contributed by atoms with Crippen molar-refractivity contribution in [2.75, 3.05) is 12.8 Å². The molecule has 0 saturated heterocycles. The normalized spacial score (nSPS) is 16.8. The number of nitrogens with one attached hydrogen (secondary N) is 1. The minimum Gasteiger partial charge on any atom is -0.799 e. The highest BCUT2D eigenvalue weighted by Gasteiger charge is 2.12. The Bertz CT molecular complexity index is 271. The summed E-state index contributed by atoms with van der Waals surface area (Å²) in [5.41, 5.74) is 0. The van der Waals surface area contributed by atoms with Crippen LogP contribution in [0.1, 0.15) is 13.3 Å². The topological polar surface area (TPSA) is 109 Å². The molecule has 0 aromatic rings. The molecule has 1 amide bonds. The number of carbonyl (C=O) groups excluding carboxylic acids is 2. The molecule has 0 aromatic heterocycles. The van der Waals surface area contributed by atoms with E-state index in [-0.39, 0.29) is 12.6 Å². The fraction of sp³-hybridized carbons (Fsp3) is 0.714. The maximum atomic E-state index is 10.7. The van der Waals surface area contributed by atoms with Crippen LogP contribution >= 0.6 is 7.37 Å². The summed E-state index contributed by atoms with van der Waals surface area (Å²) in [5, 5.41) is 12.5. The van der Waals surface area contributed by atoms with Gasteiger partial charge in [0.15, 0.2) is 0 Å². The van der Waals surface area contributed by atoms with E-state index in [4.69, 9.17) is 0 Å². The Morgan fingerprint density at radius 1 is 1.50 bits per heavy atom. The van der Waals surface area contributed by atoms with Crippen molar-refractivity contribution < 1.29 is 24.2 Å². The second kappa shape index (κ2) is 5.12. The number of rotatable bonds is 5. The fourth-order valence-electron chi connectivity index (χ4n) is 0.858. The summed E-state index contributed by atoms with van der Waals surface area (Å²) in [6.45, 7) is 2.17. The molecular formula is C7H12NO5P-2. The summed E-state index contributed by atoms with van der Waals surface area (Å²) in [7, 11) is -3.50. The van der Waals surface area contributed by atoms with Gasteiger partial charge in [-0.1, -0.05) is 0 Å². The molecule has 0 radical (unpaired) electrons. The van der Waals surface area contributed by atoms with Gasteiger partial charge >= 0.3 is 0 Å². The van der Waals surface area contributed by atoms with Crippen LogP contribution in [0.5, 0.6) is 0 Å². The van der Waals surface area contributed by atoms with E-state index in [2.05, 4.69) is 5.32 Å². The van der Waals surface area contributed by atoms with Gasteiger partial charge in [-0.25, -0.2) is 0 Å². The lowest BCUT2D eigenvalue weighted by molar-refractivity contribution is -0.308. The van der Waals surface area contributed by atoms with Crippen molar-refractivity contribution in [3.8, 4) is 0 Å². The quantitative estimate of drug-likeness (QED) is 0.535. The van der Waals surface area contributed by atoms with Crippen molar-refractivity contribution >= 4 is 19.2 Å². The first kappa shape index (κ1) is 13.1. The van der Waals surface area contributed by atoms with Gasteiger partial charge in [0.2, 0.25) is 5.91 Å². The molecule has 14 heavy (non-hydrogen) atoms. The Balaban J connectivity index is 4.18.